The fourth-order valence-electron chi connectivity index (χ4n) is 3.44. The summed E-state index contributed by atoms with van der Waals surface area (Å²) >= 11 is 0. The van der Waals surface area contributed by atoms with Crippen LogP contribution in [-0.2, 0) is 10.1 Å². The molecular formula is C25H18N8O3S. The summed E-state index contributed by atoms with van der Waals surface area (Å²) in [7, 11) is -4.48. The van der Waals surface area contributed by atoms with Crippen molar-refractivity contribution in [3.05, 3.63) is 97.3 Å². The quantitative estimate of drug-likeness (QED) is 0.179. The fraction of sp³-hybridized carbons (Fsp3) is 0. The molecule has 0 saturated carbocycles. The predicted molar refractivity (Wildman–Crippen MR) is 138 cm³/mol. The predicted octanol–water partition coefficient (Wildman–Crippen LogP) is 6.85. The summed E-state index contributed by atoms with van der Waals surface area (Å²) in [5, 5.41) is 21.5. The van der Waals surface area contributed by atoms with Crippen LogP contribution in [0.15, 0.2) is 123 Å². The summed E-state index contributed by atoms with van der Waals surface area (Å²) in [6.07, 6.45) is 1.32. The van der Waals surface area contributed by atoms with E-state index in [1.54, 1.807) is 12.1 Å². The topological polar surface area (TPSA) is 155 Å². The van der Waals surface area contributed by atoms with E-state index in [-0.39, 0.29) is 16.5 Å². The molecule has 0 spiro atoms. The van der Waals surface area contributed by atoms with E-state index in [4.69, 9.17) is 0 Å². The van der Waals surface area contributed by atoms with Gasteiger partial charge >= 0.3 is 0 Å². The second kappa shape index (κ2) is 10.4. The average molecular weight is 511 g/mol. The van der Waals surface area contributed by atoms with Gasteiger partial charge in [0.05, 0.1) is 0 Å². The van der Waals surface area contributed by atoms with Crippen LogP contribution in [-0.4, -0.2) is 27.9 Å². The summed E-state index contributed by atoms with van der Waals surface area (Å²) in [6.45, 7) is 0. The third-order valence-electron chi connectivity index (χ3n) is 5.12. The maximum absolute atomic E-state index is 11.7. The van der Waals surface area contributed by atoms with Crippen molar-refractivity contribution in [1.82, 2.24) is 15.0 Å². The van der Waals surface area contributed by atoms with E-state index < -0.39 is 10.1 Å². The number of rotatable bonds is 7. The maximum Gasteiger partial charge on any atom is 0.296 e. The van der Waals surface area contributed by atoms with Crippen molar-refractivity contribution in [2.75, 3.05) is 5.32 Å². The van der Waals surface area contributed by atoms with Gasteiger partial charge in [0.2, 0.25) is 5.95 Å². The number of fused-ring (bicyclic) bond motifs is 1. The largest absolute Gasteiger partial charge is 0.324 e. The van der Waals surface area contributed by atoms with Crippen LogP contribution in [0.5, 0.6) is 0 Å². The van der Waals surface area contributed by atoms with Crippen LogP contribution in [0.4, 0.5) is 34.6 Å². The fourth-order valence-corrected chi connectivity index (χ4v) is 4.06. The lowest BCUT2D eigenvalue weighted by molar-refractivity contribution is 0.483. The number of anilines is 2. The van der Waals surface area contributed by atoms with Gasteiger partial charge in [0, 0.05) is 11.1 Å². The summed E-state index contributed by atoms with van der Waals surface area (Å²) in [4.78, 5) is 12.1. The molecule has 0 aliphatic rings. The molecule has 0 amide bonds. The number of benzene rings is 4. The SMILES string of the molecule is O=S(=O)(O)c1ccccc1N=Nc1ccc2ccccc2c1N=Nc1ncnc(Nc2ccccc2)n1. The Morgan fingerprint density at radius 2 is 1.43 bits per heavy atom. The zero-order valence-electron chi connectivity index (χ0n) is 19.0. The highest BCUT2D eigenvalue weighted by atomic mass is 32.2. The van der Waals surface area contributed by atoms with Crippen molar-refractivity contribution >= 4 is 55.5 Å². The molecule has 4 aromatic carbocycles. The van der Waals surface area contributed by atoms with E-state index in [1.165, 1.54) is 24.5 Å². The molecule has 2 N–H and O–H groups in total. The van der Waals surface area contributed by atoms with Gasteiger partial charge in [0.1, 0.15) is 28.3 Å². The summed E-state index contributed by atoms with van der Waals surface area (Å²) in [6, 6.07) is 26.2. The van der Waals surface area contributed by atoms with Crippen LogP contribution in [0.25, 0.3) is 10.8 Å². The molecule has 1 heterocycles. The number of nitrogens with zero attached hydrogens (tertiary/aromatic N) is 7. The zero-order valence-corrected chi connectivity index (χ0v) is 19.9. The van der Waals surface area contributed by atoms with E-state index in [1.807, 2.05) is 60.7 Å². The van der Waals surface area contributed by atoms with Gasteiger partial charge in [-0.3, -0.25) is 4.55 Å². The third-order valence-corrected chi connectivity index (χ3v) is 6.02. The number of azo groups is 2. The van der Waals surface area contributed by atoms with Crippen molar-refractivity contribution in [2.24, 2.45) is 20.5 Å². The summed E-state index contributed by atoms with van der Waals surface area (Å²) in [5.41, 5.74) is 1.49. The Morgan fingerprint density at radius 3 is 2.27 bits per heavy atom. The van der Waals surface area contributed by atoms with Gasteiger partial charge in [0.25, 0.3) is 16.1 Å². The molecule has 11 nitrogen and oxygen atoms in total. The lowest BCUT2D eigenvalue weighted by Crippen LogP contribution is -1.97. The van der Waals surface area contributed by atoms with Crippen molar-refractivity contribution in [3.63, 3.8) is 0 Å². The number of hydrogen-bond acceptors (Lipinski definition) is 10. The van der Waals surface area contributed by atoms with Crippen LogP contribution >= 0.6 is 0 Å². The van der Waals surface area contributed by atoms with Crippen molar-refractivity contribution in [1.29, 1.82) is 0 Å². The van der Waals surface area contributed by atoms with Crippen LogP contribution < -0.4 is 5.32 Å². The number of nitrogens with one attached hydrogen (secondary N) is 1. The highest BCUT2D eigenvalue weighted by Gasteiger charge is 2.15. The first-order valence-electron chi connectivity index (χ1n) is 10.9. The minimum absolute atomic E-state index is 0.0184. The Labute approximate surface area is 211 Å². The molecule has 5 aromatic rings. The second-order valence-electron chi connectivity index (χ2n) is 7.60. The molecule has 182 valence electrons. The van der Waals surface area contributed by atoms with Gasteiger partial charge < -0.3 is 5.32 Å². The van der Waals surface area contributed by atoms with Crippen LogP contribution in [0.1, 0.15) is 0 Å². The molecule has 0 aliphatic heterocycles. The highest BCUT2D eigenvalue weighted by molar-refractivity contribution is 7.86. The number of para-hydroxylation sites is 1. The monoisotopic (exact) mass is 510 g/mol. The molecule has 0 aliphatic carbocycles. The van der Waals surface area contributed by atoms with E-state index in [2.05, 4.69) is 40.7 Å². The Balaban J connectivity index is 1.52. The standard InChI is InChI=1S/C25H18N8O3S/c34-37(35,36)22-13-7-6-12-20(22)30-31-21-15-14-17-8-4-5-11-19(17)23(21)32-33-25-27-16-26-24(29-25)28-18-9-2-1-3-10-18/h1-16H,(H,34,35,36)(H,26,27,28,29). The molecule has 12 heteroatoms. The first kappa shape index (κ1) is 23.8. The Hall–Kier alpha value is -4.94. The van der Waals surface area contributed by atoms with Crippen LogP contribution in [0, 0.1) is 0 Å². The Morgan fingerprint density at radius 1 is 0.703 bits per heavy atom. The lowest BCUT2D eigenvalue weighted by Gasteiger charge is -2.05. The van der Waals surface area contributed by atoms with Gasteiger partial charge in [-0.1, -0.05) is 60.7 Å². The number of aromatic nitrogens is 3. The lowest BCUT2D eigenvalue weighted by atomic mass is 10.1. The minimum atomic E-state index is -4.48. The van der Waals surface area contributed by atoms with Crippen LogP contribution in [0.2, 0.25) is 0 Å². The first-order chi connectivity index (χ1) is 18.0. The molecule has 0 fully saturated rings. The highest BCUT2D eigenvalue weighted by Crippen LogP contribution is 2.38. The van der Waals surface area contributed by atoms with Gasteiger partial charge in [-0.2, -0.15) is 18.4 Å². The Bertz CT molecular complexity index is 1740. The van der Waals surface area contributed by atoms with Crippen molar-refractivity contribution in [2.45, 2.75) is 4.90 Å². The van der Waals surface area contributed by atoms with Crippen molar-refractivity contribution < 1.29 is 13.0 Å². The zero-order chi connectivity index (χ0) is 25.7. The van der Waals surface area contributed by atoms with E-state index in [0.29, 0.717) is 17.3 Å². The van der Waals surface area contributed by atoms with Crippen molar-refractivity contribution in [3.8, 4) is 0 Å². The average Bonchev–Trinajstić information content (AvgIpc) is 2.91. The molecule has 0 atom stereocenters. The first-order valence-corrected chi connectivity index (χ1v) is 12.3. The van der Waals surface area contributed by atoms with Gasteiger partial charge in [-0.25, -0.2) is 4.98 Å². The molecular weight excluding hydrogens is 492 g/mol. The third kappa shape index (κ3) is 5.66. The summed E-state index contributed by atoms with van der Waals surface area (Å²) in [5.74, 6) is 0.371. The van der Waals surface area contributed by atoms with Crippen LogP contribution in [0.3, 0.4) is 0 Å². The molecule has 5 rings (SSSR count). The molecule has 0 unspecified atom stereocenters. The summed E-state index contributed by atoms with van der Waals surface area (Å²) < 4.78 is 32.9. The second-order valence-corrected chi connectivity index (χ2v) is 8.99. The molecule has 0 bridgehead atoms. The smallest absolute Gasteiger partial charge is 0.296 e. The van der Waals surface area contributed by atoms with E-state index in [0.717, 1.165) is 16.5 Å². The van der Waals surface area contributed by atoms with Gasteiger partial charge in [-0.05, 0) is 35.7 Å². The van der Waals surface area contributed by atoms with Gasteiger partial charge in [-0.15, -0.1) is 20.5 Å². The molecule has 37 heavy (non-hydrogen) atoms. The van der Waals surface area contributed by atoms with Gasteiger partial charge in [0.15, 0.2) is 0 Å². The molecule has 0 saturated heterocycles. The van der Waals surface area contributed by atoms with E-state index >= 15 is 0 Å². The van der Waals surface area contributed by atoms with E-state index in [9.17, 15) is 13.0 Å². The number of hydrogen-bond donors (Lipinski definition) is 2. The normalized spacial score (nSPS) is 11.9. The Kier molecular flexibility index (Phi) is 6.66. The molecule has 1 aromatic heterocycles. The molecule has 0 radical (unpaired) electrons. The minimum Gasteiger partial charge on any atom is -0.324 e. The maximum atomic E-state index is 11.7.